The van der Waals surface area contributed by atoms with Gasteiger partial charge < -0.3 is 19.1 Å². The Kier molecular flexibility index (Phi) is 5.22. The van der Waals surface area contributed by atoms with Crippen LogP contribution in [0.1, 0.15) is 12.8 Å². The molecule has 1 aromatic carbocycles. The Hall–Kier alpha value is -3.14. The molecule has 2 aromatic heterocycles. The monoisotopic (exact) mass is 427 g/mol. The Morgan fingerprint density at radius 1 is 1.23 bits per heavy atom. The van der Waals surface area contributed by atoms with E-state index in [1.807, 2.05) is 22.4 Å². The minimum Gasteiger partial charge on any atom is -0.486 e. The van der Waals surface area contributed by atoms with E-state index in [4.69, 9.17) is 14.2 Å². The number of ether oxygens (including phenoxy) is 3. The summed E-state index contributed by atoms with van der Waals surface area (Å²) in [5.41, 5.74) is 0. The molecule has 2 aliphatic heterocycles. The predicted octanol–water partition coefficient (Wildman–Crippen LogP) is 2.24. The number of carbonyl (C=O) groups is 1. The lowest BCUT2D eigenvalue weighted by Gasteiger charge is -2.24. The predicted molar refractivity (Wildman–Crippen MR) is 109 cm³/mol. The maximum absolute atomic E-state index is 12.8. The van der Waals surface area contributed by atoms with Gasteiger partial charge in [-0.2, -0.15) is 4.80 Å². The lowest BCUT2D eigenvalue weighted by atomic mass is 10.2. The third-order valence-electron chi connectivity index (χ3n) is 5.14. The summed E-state index contributed by atoms with van der Waals surface area (Å²) in [6.07, 6.45) is 1.86. The lowest BCUT2D eigenvalue weighted by molar-refractivity contribution is -0.134. The molecule has 0 bridgehead atoms. The van der Waals surface area contributed by atoms with E-state index in [-0.39, 0.29) is 18.6 Å². The molecular formula is C20H21N5O4S. The van der Waals surface area contributed by atoms with Gasteiger partial charge in [-0.3, -0.25) is 4.79 Å². The number of nitrogens with zero attached hydrogens (tertiary/aromatic N) is 5. The highest BCUT2D eigenvalue weighted by atomic mass is 32.1. The Balaban J connectivity index is 1.19. The molecule has 156 valence electrons. The van der Waals surface area contributed by atoms with Gasteiger partial charge in [0.05, 0.1) is 17.5 Å². The van der Waals surface area contributed by atoms with Crippen molar-refractivity contribution in [2.45, 2.75) is 25.4 Å². The first kappa shape index (κ1) is 18.9. The zero-order valence-corrected chi connectivity index (χ0v) is 17.1. The SMILES string of the molecule is O=C(COc1ccc2c(c1)OCCO2)N1CCCC1Cn1nnc(-c2cccs2)n1. The zero-order chi connectivity index (χ0) is 20.3. The minimum atomic E-state index is -0.0500. The van der Waals surface area contributed by atoms with Crippen molar-refractivity contribution in [2.75, 3.05) is 26.4 Å². The highest BCUT2D eigenvalue weighted by molar-refractivity contribution is 7.13. The molecule has 0 spiro atoms. The van der Waals surface area contributed by atoms with Crippen LogP contribution in [-0.4, -0.2) is 63.4 Å². The van der Waals surface area contributed by atoms with Crippen LogP contribution in [0.15, 0.2) is 35.7 Å². The van der Waals surface area contributed by atoms with Crippen LogP contribution in [-0.2, 0) is 11.3 Å². The molecule has 4 heterocycles. The first-order chi connectivity index (χ1) is 14.8. The van der Waals surface area contributed by atoms with Crippen LogP contribution >= 0.6 is 11.3 Å². The summed E-state index contributed by atoms with van der Waals surface area (Å²) < 4.78 is 16.8. The van der Waals surface area contributed by atoms with Crippen molar-refractivity contribution >= 4 is 17.2 Å². The normalized spacial score (nSPS) is 17.9. The molecule has 9 nitrogen and oxygen atoms in total. The molecule has 0 saturated carbocycles. The second-order valence-corrected chi connectivity index (χ2v) is 8.07. The van der Waals surface area contributed by atoms with E-state index in [1.165, 1.54) is 0 Å². The van der Waals surface area contributed by atoms with E-state index >= 15 is 0 Å². The maximum atomic E-state index is 12.8. The molecule has 0 N–H and O–H groups in total. The molecule has 0 aliphatic carbocycles. The summed E-state index contributed by atoms with van der Waals surface area (Å²) in [6, 6.07) is 9.30. The molecular weight excluding hydrogens is 406 g/mol. The van der Waals surface area contributed by atoms with E-state index in [9.17, 15) is 4.79 Å². The molecule has 3 aromatic rings. The fraction of sp³-hybridized carbons (Fsp3) is 0.400. The lowest BCUT2D eigenvalue weighted by Crippen LogP contribution is -2.41. The molecule has 30 heavy (non-hydrogen) atoms. The van der Waals surface area contributed by atoms with E-state index in [0.29, 0.717) is 49.4 Å². The smallest absolute Gasteiger partial charge is 0.260 e. The molecule has 2 aliphatic rings. The minimum absolute atomic E-state index is 0.0264. The molecule has 0 radical (unpaired) electrons. The number of likely N-dealkylation sites (tertiary alicyclic amines) is 1. The van der Waals surface area contributed by atoms with Crippen molar-refractivity contribution in [2.24, 2.45) is 0 Å². The second-order valence-electron chi connectivity index (χ2n) is 7.12. The van der Waals surface area contributed by atoms with Crippen molar-refractivity contribution < 1.29 is 19.0 Å². The largest absolute Gasteiger partial charge is 0.486 e. The summed E-state index contributed by atoms with van der Waals surface area (Å²) in [4.78, 5) is 17.2. The Morgan fingerprint density at radius 2 is 2.13 bits per heavy atom. The maximum Gasteiger partial charge on any atom is 0.260 e. The Bertz CT molecular complexity index is 1020. The van der Waals surface area contributed by atoms with Gasteiger partial charge in [0.1, 0.15) is 19.0 Å². The van der Waals surface area contributed by atoms with Crippen LogP contribution in [0.3, 0.4) is 0 Å². The number of benzene rings is 1. The van der Waals surface area contributed by atoms with Gasteiger partial charge in [0.2, 0.25) is 5.82 Å². The van der Waals surface area contributed by atoms with Crippen LogP contribution in [0.2, 0.25) is 0 Å². The van der Waals surface area contributed by atoms with E-state index < -0.39 is 0 Å². The summed E-state index contributed by atoms with van der Waals surface area (Å²) in [7, 11) is 0. The molecule has 1 atom stereocenters. The number of amides is 1. The van der Waals surface area contributed by atoms with Gasteiger partial charge >= 0.3 is 0 Å². The van der Waals surface area contributed by atoms with E-state index in [0.717, 1.165) is 17.7 Å². The number of aromatic nitrogens is 4. The quantitative estimate of drug-likeness (QED) is 0.596. The summed E-state index contributed by atoms with van der Waals surface area (Å²) in [6.45, 7) is 2.25. The standard InChI is InChI=1S/C20H21N5O4S/c26-19(13-29-15-5-6-16-17(11-15)28-9-8-27-16)24-7-1-3-14(24)12-25-22-20(21-23-25)18-4-2-10-30-18/h2,4-6,10-11,14H,1,3,7-9,12-13H2. The van der Waals surface area contributed by atoms with Gasteiger partial charge in [-0.05, 0) is 41.6 Å². The van der Waals surface area contributed by atoms with Crippen molar-refractivity contribution in [1.82, 2.24) is 25.1 Å². The molecule has 5 rings (SSSR count). The van der Waals surface area contributed by atoms with Gasteiger partial charge in [-0.1, -0.05) is 6.07 Å². The number of fused-ring (bicyclic) bond motifs is 1. The molecule has 1 amide bonds. The van der Waals surface area contributed by atoms with Crippen LogP contribution in [0.5, 0.6) is 17.2 Å². The van der Waals surface area contributed by atoms with E-state index in [2.05, 4.69) is 15.4 Å². The van der Waals surface area contributed by atoms with Crippen LogP contribution < -0.4 is 14.2 Å². The first-order valence-corrected chi connectivity index (χ1v) is 10.8. The number of tetrazole rings is 1. The first-order valence-electron chi connectivity index (χ1n) is 9.90. The van der Waals surface area contributed by atoms with Gasteiger partial charge in [0.25, 0.3) is 5.91 Å². The van der Waals surface area contributed by atoms with Crippen LogP contribution in [0.25, 0.3) is 10.7 Å². The van der Waals surface area contributed by atoms with Crippen LogP contribution in [0, 0.1) is 0 Å². The fourth-order valence-electron chi connectivity index (χ4n) is 3.71. The second kappa shape index (κ2) is 8.31. The number of thiophene rings is 1. The number of rotatable bonds is 6. The highest BCUT2D eigenvalue weighted by Gasteiger charge is 2.30. The van der Waals surface area contributed by atoms with Gasteiger partial charge in [0.15, 0.2) is 18.1 Å². The molecule has 1 fully saturated rings. The summed E-state index contributed by atoms with van der Waals surface area (Å²) in [5.74, 6) is 2.49. The number of carbonyl (C=O) groups excluding carboxylic acids is 1. The average molecular weight is 427 g/mol. The topological polar surface area (TPSA) is 91.6 Å². The van der Waals surface area contributed by atoms with Crippen molar-refractivity contribution in [3.8, 4) is 28.0 Å². The molecule has 1 saturated heterocycles. The van der Waals surface area contributed by atoms with E-state index in [1.54, 1.807) is 34.3 Å². The van der Waals surface area contributed by atoms with Gasteiger partial charge in [-0.15, -0.1) is 21.5 Å². The third-order valence-corrected chi connectivity index (χ3v) is 6.01. The van der Waals surface area contributed by atoms with Gasteiger partial charge in [-0.25, -0.2) is 0 Å². The number of hydrogen-bond acceptors (Lipinski definition) is 8. The molecule has 10 heteroatoms. The van der Waals surface area contributed by atoms with Crippen molar-refractivity contribution in [3.63, 3.8) is 0 Å². The average Bonchev–Trinajstić information content (AvgIpc) is 3.54. The summed E-state index contributed by atoms with van der Waals surface area (Å²) in [5, 5.41) is 14.7. The Labute approximate surface area is 177 Å². The molecule has 1 unspecified atom stereocenters. The third kappa shape index (κ3) is 3.95. The summed E-state index contributed by atoms with van der Waals surface area (Å²) >= 11 is 1.57. The Morgan fingerprint density at radius 3 is 3.00 bits per heavy atom. The van der Waals surface area contributed by atoms with Crippen LogP contribution in [0.4, 0.5) is 0 Å². The van der Waals surface area contributed by atoms with Gasteiger partial charge in [0, 0.05) is 12.6 Å². The highest BCUT2D eigenvalue weighted by Crippen LogP contribution is 2.33. The zero-order valence-electron chi connectivity index (χ0n) is 16.3. The number of hydrogen-bond donors (Lipinski definition) is 0. The van der Waals surface area contributed by atoms with Crippen molar-refractivity contribution in [1.29, 1.82) is 0 Å². The van der Waals surface area contributed by atoms with Crippen molar-refractivity contribution in [3.05, 3.63) is 35.7 Å². The fourth-order valence-corrected chi connectivity index (χ4v) is 4.36.